The monoisotopic (exact) mass is 477 g/mol. The molecule has 164 valence electrons. The summed E-state index contributed by atoms with van der Waals surface area (Å²) in [5, 5.41) is 5.78. The van der Waals surface area contributed by atoms with E-state index < -0.39 is 0 Å². The molecule has 1 saturated heterocycles. The van der Waals surface area contributed by atoms with Crippen LogP contribution in [0, 0.1) is 0 Å². The second-order valence-electron chi connectivity index (χ2n) is 7.15. The molecule has 0 spiro atoms. The Kier molecular flexibility index (Phi) is 7.93. The highest BCUT2D eigenvalue weighted by Crippen LogP contribution is 2.32. The summed E-state index contributed by atoms with van der Waals surface area (Å²) in [6, 6.07) is 11.7. The summed E-state index contributed by atoms with van der Waals surface area (Å²) in [5.74, 6) is 0.762. The van der Waals surface area contributed by atoms with E-state index in [0.29, 0.717) is 13.2 Å². The van der Waals surface area contributed by atoms with Gasteiger partial charge in [-0.15, -0.1) is 22.7 Å². The van der Waals surface area contributed by atoms with Crippen LogP contribution in [0.5, 0.6) is 5.75 Å². The number of carbonyl (C=O) groups is 1. The van der Waals surface area contributed by atoms with E-state index in [-0.39, 0.29) is 12.3 Å². The highest BCUT2D eigenvalue weighted by atomic mass is 35.5. The molecule has 9 heteroatoms. The lowest BCUT2D eigenvalue weighted by molar-refractivity contribution is -0.120. The van der Waals surface area contributed by atoms with Crippen LogP contribution in [0.1, 0.15) is 11.3 Å². The Bertz CT molecular complexity index is 1000. The molecule has 1 aliphatic rings. The Labute approximate surface area is 194 Å². The predicted molar refractivity (Wildman–Crippen MR) is 125 cm³/mol. The predicted octanol–water partition coefficient (Wildman–Crippen LogP) is 4.09. The van der Waals surface area contributed by atoms with Gasteiger partial charge >= 0.3 is 0 Å². The van der Waals surface area contributed by atoms with Gasteiger partial charge in [-0.2, -0.15) is 0 Å². The SMILES string of the molecule is O=C(Cc1csc(-c2ccc(Cl)s2)n1)NCc1cccc(OCCN2CCOCC2)c1. The second kappa shape index (κ2) is 11.1. The first-order valence-corrected chi connectivity index (χ1v) is 12.2. The number of halogens is 1. The van der Waals surface area contributed by atoms with Crippen LogP contribution in [0.4, 0.5) is 0 Å². The fourth-order valence-corrected chi connectivity index (χ4v) is 5.16. The summed E-state index contributed by atoms with van der Waals surface area (Å²) in [5.41, 5.74) is 1.77. The molecule has 31 heavy (non-hydrogen) atoms. The molecule has 6 nitrogen and oxygen atoms in total. The number of amides is 1. The molecule has 0 atom stereocenters. The quantitative estimate of drug-likeness (QED) is 0.502. The molecule has 4 rings (SSSR count). The molecule has 0 unspecified atom stereocenters. The largest absolute Gasteiger partial charge is 0.492 e. The molecule has 0 aliphatic carbocycles. The zero-order valence-corrected chi connectivity index (χ0v) is 19.4. The molecule has 0 bridgehead atoms. The van der Waals surface area contributed by atoms with Crippen molar-refractivity contribution in [3.63, 3.8) is 0 Å². The van der Waals surface area contributed by atoms with Crippen molar-refractivity contribution in [2.24, 2.45) is 0 Å². The molecular weight excluding hydrogens is 454 g/mol. The Balaban J connectivity index is 1.22. The first kappa shape index (κ1) is 22.2. The number of carbonyl (C=O) groups excluding carboxylic acids is 1. The van der Waals surface area contributed by atoms with E-state index in [0.717, 1.165) is 64.1 Å². The van der Waals surface area contributed by atoms with Crippen LogP contribution in [0.25, 0.3) is 9.88 Å². The number of benzene rings is 1. The van der Waals surface area contributed by atoms with Crippen molar-refractivity contribution in [1.82, 2.24) is 15.2 Å². The molecule has 2 aromatic heterocycles. The fraction of sp³-hybridized carbons (Fsp3) is 0.364. The van der Waals surface area contributed by atoms with Crippen LogP contribution in [0.3, 0.4) is 0 Å². The van der Waals surface area contributed by atoms with Crippen molar-refractivity contribution in [3.05, 3.63) is 57.4 Å². The maximum absolute atomic E-state index is 12.4. The number of thiazole rings is 1. The number of aromatic nitrogens is 1. The molecule has 3 heterocycles. The van der Waals surface area contributed by atoms with E-state index in [1.54, 1.807) is 0 Å². The topological polar surface area (TPSA) is 63.7 Å². The average molecular weight is 478 g/mol. The van der Waals surface area contributed by atoms with E-state index >= 15 is 0 Å². The smallest absolute Gasteiger partial charge is 0.226 e. The molecule has 1 aromatic carbocycles. The second-order valence-corrected chi connectivity index (χ2v) is 9.72. The first-order chi connectivity index (χ1) is 15.2. The highest BCUT2D eigenvalue weighted by molar-refractivity contribution is 7.23. The molecular formula is C22H24ClN3O3S2. The third-order valence-electron chi connectivity index (χ3n) is 4.85. The fourth-order valence-electron chi connectivity index (χ4n) is 3.22. The minimum atomic E-state index is -0.0558. The number of nitrogens with one attached hydrogen (secondary N) is 1. The Morgan fingerprint density at radius 3 is 2.94 bits per heavy atom. The van der Waals surface area contributed by atoms with Gasteiger partial charge in [0.05, 0.1) is 34.5 Å². The zero-order valence-electron chi connectivity index (χ0n) is 17.0. The van der Waals surface area contributed by atoms with Crippen molar-refractivity contribution in [2.45, 2.75) is 13.0 Å². The molecule has 1 N–H and O–H groups in total. The number of hydrogen-bond donors (Lipinski definition) is 1. The van der Waals surface area contributed by atoms with E-state index in [2.05, 4.69) is 15.2 Å². The lowest BCUT2D eigenvalue weighted by Crippen LogP contribution is -2.38. The molecule has 0 saturated carbocycles. The normalized spacial score (nSPS) is 14.5. The van der Waals surface area contributed by atoms with Crippen LogP contribution in [0.2, 0.25) is 4.34 Å². The molecule has 3 aromatic rings. The van der Waals surface area contributed by atoms with Crippen LogP contribution >= 0.6 is 34.3 Å². The number of ether oxygens (including phenoxy) is 2. The van der Waals surface area contributed by atoms with Gasteiger partial charge in [0.1, 0.15) is 17.4 Å². The Hall–Kier alpha value is -1.97. The number of morpholine rings is 1. The van der Waals surface area contributed by atoms with Crippen molar-refractivity contribution in [2.75, 3.05) is 39.5 Å². The third-order valence-corrected chi connectivity index (χ3v) is 7.14. The third kappa shape index (κ3) is 6.75. The van der Waals surface area contributed by atoms with E-state index in [9.17, 15) is 4.79 Å². The summed E-state index contributed by atoms with van der Waals surface area (Å²) in [6.07, 6.45) is 0.255. The van der Waals surface area contributed by atoms with Gasteiger partial charge < -0.3 is 14.8 Å². The van der Waals surface area contributed by atoms with Crippen LogP contribution in [-0.4, -0.2) is 55.2 Å². The zero-order chi connectivity index (χ0) is 21.5. The minimum absolute atomic E-state index is 0.0558. The minimum Gasteiger partial charge on any atom is -0.492 e. The van der Waals surface area contributed by atoms with Crippen molar-refractivity contribution < 1.29 is 14.3 Å². The maximum Gasteiger partial charge on any atom is 0.226 e. The van der Waals surface area contributed by atoms with Gasteiger partial charge in [-0.05, 0) is 29.8 Å². The molecule has 0 radical (unpaired) electrons. The Morgan fingerprint density at radius 2 is 2.13 bits per heavy atom. The lowest BCUT2D eigenvalue weighted by Gasteiger charge is -2.26. The standard InChI is InChI=1S/C22H24ClN3O3S2/c23-20-5-4-19(31-20)22-25-17(15-30-22)13-21(27)24-14-16-2-1-3-18(12-16)29-11-8-26-6-9-28-10-7-26/h1-5,12,15H,6-11,13-14H2,(H,24,27). The highest BCUT2D eigenvalue weighted by Gasteiger charge is 2.12. The number of nitrogens with zero attached hydrogens (tertiary/aromatic N) is 2. The van der Waals surface area contributed by atoms with Crippen LogP contribution in [0.15, 0.2) is 41.8 Å². The van der Waals surface area contributed by atoms with Gasteiger partial charge in [-0.1, -0.05) is 23.7 Å². The number of rotatable bonds is 9. The van der Waals surface area contributed by atoms with Gasteiger partial charge in [0.15, 0.2) is 0 Å². The van der Waals surface area contributed by atoms with Gasteiger partial charge in [-0.25, -0.2) is 4.98 Å². The Morgan fingerprint density at radius 1 is 1.26 bits per heavy atom. The summed E-state index contributed by atoms with van der Waals surface area (Å²) >= 11 is 9.01. The van der Waals surface area contributed by atoms with Gasteiger partial charge in [0.2, 0.25) is 5.91 Å². The van der Waals surface area contributed by atoms with Crippen molar-refractivity contribution in [3.8, 4) is 15.6 Å². The molecule has 1 amide bonds. The summed E-state index contributed by atoms with van der Waals surface area (Å²) in [6.45, 7) is 5.47. The summed E-state index contributed by atoms with van der Waals surface area (Å²) in [7, 11) is 0. The average Bonchev–Trinajstić information content (AvgIpc) is 3.42. The lowest BCUT2D eigenvalue weighted by atomic mass is 10.2. The van der Waals surface area contributed by atoms with Gasteiger partial charge in [0, 0.05) is 31.6 Å². The van der Waals surface area contributed by atoms with E-state index in [1.165, 1.54) is 22.7 Å². The molecule has 1 fully saturated rings. The first-order valence-electron chi connectivity index (χ1n) is 10.1. The van der Waals surface area contributed by atoms with Gasteiger partial charge in [0.25, 0.3) is 0 Å². The number of thiophene rings is 1. The van der Waals surface area contributed by atoms with Crippen LogP contribution in [-0.2, 0) is 22.5 Å². The van der Waals surface area contributed by atoms with Crippen LogP contribution < -0.4 is 10.1 Å². The maximum atomic E-state index is 12.4. The number of hydrogen-bond acceptors (Lipinski definition) is 7. The molecule has 1 aliphatic heterocycles. The van der Waals surface area contributed by atoms with E-state index in [1.807, 2.05) is 41.8 Å². The van der Waals surface area contributed by atoms with Crippen molar-refractivity contribution in [1.29, 1.82) is 0 Å². The summed E-state index contributed by atoms with van der Waals surface area (Å²) in [4.78, 5) is 20.3. The summed E-state index contributed by atoms with van der Waals surface area (Å²) < 4.78 is 12.0. The van der Waals surface area contributed by atoms with E-state index in [4.69, 9.17) is 21.1 Å². The van der Waals surface area contributed by atoms with Crippen molar-refractivity contribution >= 4 is 40.2 Å². The van der Waals surface area contributed by atoms with Gasteiger partial charge in [-0.3, -0.25) is 9.69 Å².